The molecule has 0 fully saturated rings. The van der Waals surface area contributed by atoms with E-state index < -0.39 is 24.7 Å². The van der Waals surface area contributed by atoms with E-state index in [0.29, 0.717) is 48.0 Å². The fraction of sp³-hybridized carbons (Fsp3) is 0.348. The minimum absolute atomic E-state index is 0.102. The normalized spacial score (nSPS) is 20.3. The number of halogens is 1. The van der Waals surface area contributed by atoms with Gasteiger partial charge in [-0.15, -0.1) is 0 Å². The number of cyclic esters (lactones) is 1. The second-order valence-electron chi connectivity index (χ2n) is 8.20. The fourth-order valence-electron chi connectivity index (χ4n) is 5.09. The molecule has 0 amide bonds. The Morgan fingerprint density at radius 3 is 2.88 bits per heavy atom. The highest BCUT2D eigenvalue weighted by molar-refractivity contribution is 5.95. The number of methoxy groups -OCH3 is 1. The molecule has 8 nitrogen and oxygen atoms in total. The number of rotatable bonds is 3. The van der Waals surface area contributed by atoms with Crippen LogP contribution in [0.15, 0.2) is 23.0 Å². The van der Waals surface area contributed by atoms with Gasteiger partial charge in [0.25, 0.3) is 5.56 Å². The van der Waals surface area contributed by atoms with E-state index in [2.05, 4.69) is 0 Å². The molecule has 1 N–H and O–H groups in total. The number of alkyl halides is 1. The van der Waals surface area contributed by atoms with Gasteiger partial charge in [0.15, 0.2) is 17.1 Å². The molecule has 0 saturated carbocycles. The molecule has 0 bridgehead atoms. The number of carbonyl (C=O) groups is 1. The lowest BCUT2D eigenvalue weighted by molar-refractivity contribution is -0.173. The van der Waals surface area contributed by atoms with E-state index in [-0.39, 0.29) is 23.3 Å². The van der Waals surface area contributed by atoms with E-state index in [1.54, 1.807) is 23.8 Å². The summed E-state index contributed by atoms with van der Waals surface area (Å²) in [4.78, 5) is 30.5. The molecule has 9 heteroatoms. The zero-order valence-corrected chi connectivity index (χ0v) is 17.2. The molecule has 1 atom stereocenters. The van der Waals surface area contributed by atoms with Crippen LogP contribution < -0.4 is 15.0 Å². The number of fused-ring (bicyclic) bond motifs is 5. The first-order chi connectivity index (χ1) is 15.5. The Morgan fingerprint density at radius 1 is 1.25 bits per heavy atom. The van der Waals surface area contributed by atoms with E-state index in [4.69, 9.17) is 19.2 Å². The van der Waals surface area contributed by atoms with Gasteiger partial charge in [0.05, 0.1) is 49.4 Å². The number of nitrogens with zero attached hydrogens (tertiary/aromatic N) is 2. The number of esters is 1. The van der Waals surface area contributed by atoms with Gasteiger partial charge in [0, 0.05) is 29.4 Å². The average molecular weight is 438 g/mol. The maximum atomic E-state index is 13.3. The monoisotopic (exact) mass is 438 g/mol. The standard InChI is InChI=1S/C23H19FN2O6/c1-30-17-3-2-15-18-11(4-7-31-20(17)18)12-9-26-16(19(12)25-15)8-14-13(21(26)27)10-32-22(28)23(14,29)5-6-24/h2-3,8,29H,4-7,9-10H2,1H3. The van der Waals surface area contributed by atoms with Crippen LogP contribution in [0.1, 0.15) is 28.7 Å². The Kier molecular flexibility index (Phi) is 3.92. The summed E-state index contributed by atoms with van der Waals surface area (Å²) < 4.78 is 31.1. The highest BCUT2D eigenvalue weighted by Crippen LogP contribution is 2.45. The number of benzene rings is 1. The van der Waals surface area contributed by atoms with Gasteiger partial charge in [0.2, 0.25) is 0 Å². The molecule has 3 aliphatic rings. The van der Waals surface area contributed by atoms with Gasteiger partial charge < -0.3 is 23.9 Å². The van der Waals surface area contributed by atoms with Gasteiger partial charge >= 0.3 is 5.97 Å². The number of pyridine rings is 2. The predicted molar refractivity (Wildman–Crippen MR) is 111 cm³/mol. The van der Waals surface area contributed by atoms with E-state index in [9.17, 15) is 19.1 Å². The van der Waals surface area contributed by atoms with Crippen molar-refractivity contribution in [1.82, 2.24) is 9.55 Å². The summed E-state index contributed by atoms with van der Waals surface area (Å²) in [6.07, 6.45) is 0.169. The van der Waals surface area contributed by atoms with Crippen molar-refractivity contribution < 1.29 is 28.5 Å². The van der Waals surface area contributed by atoms with Crippen LogP contribution in [-0.2, 0) is 34.7 Å². The van der Waals surface area contributed by atoms with Crippen LogP contribution in [0.2, 0.25) is 0 Å². The number of aliphatic hydroxyl groups is 1. The third-order valence-corrected chi connectivity index (χ3v) is 6.65. The lowest BCUT2D eigenvalue weighted by Crippen LogP contribution is -2.45. The zero-order valence-electron chi connectivity index (χ0n) is 17.2. The first-order valence-corrected chi connectivity index (χ1v) is 10.4. The molecule has 3 aliphatic heterocycles. The Bertz CT molecular complexity index is 1400. The van der Waals surface area contributed by atoms with E-state index in [1.807, 2.05) is 6.07 Å². The second kappa shape index (κ2) is 6.52. The molecule has 6 rings (SSSR count). The highest BCUT2D eigenvalue weighted by Gasteiger charge is 2.46. The summed E-state index contributed by atoms with van der Waals surface area (Å²) >= 11 is 0. The summed E-state index contributed by atoms with van der Waals surface area (Å²) in [6, 6.07) is 5.22. The Balaban J connectivity index is 1.64. The van der Waals surface area contributed by atoms with Gasteiger partial charge in [-0.25, -0.2) is 9.78 Å². The van der Waals surface area contributed by atoms with Gasteiger partial charge in [-0.3, -0.25) is 9.18 Å². The Labute approximate surface area is 181 Å². The van der Waals surface area contributed by atoms with Crippen molar-refractivity contribution in [3.8, 4) is 22.9 Å². The number of hydrogen-bond donors (Lipinski definition) is 1. The Hall–Kier alpha value is -3.46. The van der Waals surface area contributed by atoms with Crippen molar-refractivity contribution in [2.75, 3.05) is 20.4 Å². The predicted octanol–water partition coefficient (Wildman–Crippen LogP) is 1.97. The van der Waals surface area contributed by atoms with Crippen molar-refractivity contribution in [3.63, 3.8) is 0 Å². The van der Waals surface area contributed by atoms with Gasteiger partial charge in [-0.05, 0) is 23.8 Å². The van der Waals surface area contributed by atoms with Crippen LogP contribution in [0.25, 0.3) is 22.3 Å². The number of carbonyl (C=O) groups excluding carboxylic acids is 1. The third kappa shape index (κ3) is 2.31. The molecule has 0 saturated heterocycles. The maximum absolute atomic E-state index is 13.3. The highest BCUT2D eigenvalue weighted by atomic mass is 19.1. The second-order valence-corrected chi connectivity index (χ2v) is 8.20. The number of aromatic nitrogens is 2. The molecule has 1 aromatic carbocycles. The van der Waals surface area contributed by atoms with Gasteiger partial charge in [-0.1, -0.05) is 0 Å². The molecule has 5 heterocycles. The minimum Gasteiger partial charge on any atom is -0.493 e. The lowest BCUT2D eigenvalue weighted by Gasteiger charge is -2.32. The van der Waals surface area contributed by atoms with E-state index in [1.165, 1.54) is 0 Å². The molecule has 2 aromatic heterocycles. The first-order valence-electron chi connectivity index (χ1n) is 10.4. The largest absolute Gasteiger partial charge is 0.493 e. The summed E-state index contributed by atoms with van der Waals surface area (Å²) in [6.45, 7) is -0.409. The third-order valence-electron chi connectivity index (χ3n) is 6.65. The lowest BCUT2D eigenvalue weighted by atomic mass is 9.85. The zero-order chi connectivity index (χ0) is 22.2. The van der Waals surface area contributed by atoms with Crippen LogP contribution in [0.5, 0.6) is 11.5 Å². The van der Waals surface area contributed by atoms with Crippen molar-refractivity contribution in [2.24, 2.45) is 0 Å². The molecule has 164 valence electrons. The first kappa shape index (κ1) is 19.2. The average Bonchev–Trinajstić information content (AvgIpc) is 3.17. The summed E-state index contributed by atoms with van der Waals surface area (Å²) in [7, 11) is 1.58. The molecule has 0 spiro atoms. The van der Waals surface area contributed by atoms with E-state index in [0.717, 1.165) is 16.5 Å². The van der Waals surface area contributed by atoms with Crippen LogP contribution in [0, 0.1) is 0 Å². The summed E-state index contributed by atoms with van der Waals surface area (Å²) in [5, 5.41) is 11.8. The SMILES string of the molecule is COc1ccc2nc3c(c4c2c1OCC4)Cn1c-3cc2c(c1=O)COC(=O)C2(O)CCF. The molecular formula is C23H19FN2O6. The van der Waals surface area contributed by atoms with Crippen molar-refractivity contribution in [2.45, 2.75) is 31.6 Å². The van der Waals surface area contributed by atoms with Crippen LogP contribution >= 0.6 is 0 Å². The molecule has 1 unspecified atom stereocenters. The fourth-order valence-corrected chi connectivity index (χ4v) is 5.09. The minimum atomic E-state index is -2.20. The summed E-state index contributed by atoms with van der Waals surface area (Å²) in [5.41, 5.74) is 1.45. The van der Waals surface area contributed by atoms with Crippen molar-refractivity contribution in [3.05, 3.63) is 50.8 Å². The number of ether oxygens (including phenoxy) is 3. The smallest absolute Gasteiger partial charge is 0.343 e. The summed E-state index contributed by atoms with van der Waals surface area (Å²) in [5.74, 6) is 0.316. The maximum Gasteiger partial charge on any atom is 0.343 e. The number of hydrogen-bond acceptors (Lipinski definition) is 7. The molecule has 0 aliphatic carbocycles. The van der Waals surface area contributed by atoms with Crippen molar-refractivity contribution >= 4 is 16.9 Å². The van der Waals surface area contributed by atoms with Crippen LogP contribution in [-0.4, -0.2) is 41.0 Å². The molecular weight excluding hydrogens is 419 g/mol. The topological polar surface area (TPSA) is 99.9 Å². The molecule has 3 aromatic rings. The van der Waals surface area contributed by atoms with Crippen LogP contribution in [0.3, 0.4) is 0 Å². The quantitative estimate of drug-likeness (QED) is 0.488. The van der Waals surface area contributed by atoms with E-state index >= 15 is 0 Å². The van der Waals surface area contributed by atoms with Gasteiger partial charge in [-0.2, -0.15) is 0 Å². The van der Waals surface area contributed by atoms with Gasteiger partial charge in [0.1, 0.15) is 6.61 Å². The molecule has 0 radical (unpaired) electrons. The van der Waals surface area contributed by atoms with Crippen molar-refractivity contribution in [1.29, 1.82) is 0 Å². The van der Waals surface area contributed by atoms with Crippen LogP contribution in [0.4, 0.5) is 4.39 Å². The Morgan fingerprint density at radius 2 is 2.09 bits per heavy atom. The molecule has 32 heavy (non-hydrogen) atoms.